The van der Waals surface area contributed by atoms with Gasteiger partial charge in [0.2, 0.25) is 5.91 Å². The number of alkyl carbamates (subject to hydrolysis) is 1. The van der Waals surface area contributed by atoms with Gasteiger partial charge in [0.05, 0.1) is 22.6 Å². The Hall–Kier alpha value is -4.46. The van der Waals surface area contributed by atoms with Crippen LogP contribution in [-0.2, 0) is 46.6 Å². The normalized spacial score (nSPS) is 16.7. The molecule has 3 atom stereocenters. The topological polar surface area (TPSA) is 180 Å². The molecule has 3 rings (SSSR count). The number of nitrogens with zero attached hydrogens (tertiary/aromatic N) is 1. The summed E-state index contributed by atoms with van der Waals surface area (Å²) in [5, 5.41) is 14.7. The number of hydrogen-bond acceptors (Lipinski definition) is 11. The van der Waals surface area contributed by atoms with Crippen LogP contribution in [0.25, 0.3) is 0 Å². The number of ether oxygens (including phenoxy) is 3. The van der Waals surface area contributed by atoms with Gasteiger partial charge in [-0.15, -0.1) is 11.8 Å². The van der Waals surface area contributed by atoms with Crippen LogP contribution >= 0.6 is 11.8 Å². The van der Waals surface area contributed by atoms with Crippen molar-refractivity contribution in [1.29, 1.82) is 0 Å². The molecule has 0 aromatic heterocycles. The Morgan fingerprint density at radius 2 is 1.62 bits per heavy atom. The summed E-state index contributed by atoms with van der Waals surface area (Å²) >= 11 is 0.933. The SMILES string of the molecule is CC(C)(C)OC(=O)CC(SC[C@H]1NC(=O)[C@H]1NC(=O)OCc1ccccc1)C(=O)C(=O)OCc1ccc([N+](=O)[O-])cc1. The predicted molar refractivity (Wildman–Crippen MR) is 150 cm³/mol. The highest BCUT2D eigenvalue weighted by atomic mass is 32.2. The zero-order chi connectivity index (χ0) is 30.9. The molecule has 2 amide bonds. The number of thioether (sulfide) groups is 1. The second-order valence-corrected chi connectivity index (χ2v) is 11.5. The highest BCUT2D eigenvalue weighted by molar-refractivity contribution is 8.00. The molecule has 1 aliphatic rings. The molecule has 1 fully saturated rings. The van der Waals surface area contributed by atoms with E-state index in [-0.39, 0.29) is 24.7 Å². The third-order valence-electron chi connectivity index (χ3n) is 5.76. The largest absolute Gasteiger partial charge is 0.460 e. The first-order chi connectivity index (χ1) is 19.8. The molecule has 0 spiro atoms. The van der Waals surface area contributed by atoms with Crippen molar-refractivity contribution in [3.05, 3.63) is 75.8 Å². The maximum absolute atomic E-state index is 13.0. The number of carbonyl (C=O) groups is 5. The molecule has 0 saturated carbocycles. The second-order valence-electron chi connectivity index (χ2n) is 10.3. The van der Waals surface area contributed by atoms with Crippen molar-refractivity contribution in [3.63, 3.8) is 0 Å². The molecular formula is C28H31N3O10S. The number of amides is 2. The lowest BCUT2D eigenvalue weighted by Gasteiger charge is -2.37. The molecule has 0 radical (unpaired) electrons. The number of β-lactam (4-membered cyclic amide) rings is 1. The van der Waals surface area contributed by atoms with Crippen LogP contribution in [-0.4, -0.2) is 63.3 Å². The van der Waals surface area contributed by atoms with Gasteiger partial charge in [-0.1, -0.05) is 30.3 Å². The Labute approximate surface area is 245 Å². The van der Waals surface area contributed by atoms with Crippen molar-refractivity contribution < 1.29 is 43.1 Å². The second kappa shape index (κ2) is 14.4. The van der Waals surface area contributed by atoms with E-state index in [1.54, 1.807) is 45.0 Å². The molecule has 13 nitrogen and oxygen atoms in total. The summed E-state index contributed by atoms with van der Waals surface area (Å²) in [4.78, 5) is 72.7. The van der Waals surface area contributed by atoms with Gasteiger partial charge >= 0.3 is 18.0 Å². The molecule has 1 unspecified atom stereocenters. The molecule has 0 bridgehead atoms. The fourth-order valence-electron chi connectivity index (χ4n) is 3.69. The first-order valence-electron chi connectivity index (χ1n) is 12.9. The summed E-state index contributed by atoms with van der Waals surface area (Å²) in [6.45, 7) is 4.66. The summed E-state index contributed by atoms with van der Waals surface area (Å²) in [6.07, 6.45) is -1.24. The number of rotatable bonds is 13. The molecule has 0 aliphatic carbocycles. The standard InChI is InChI=1S/C28H31N3O10S/c1-28(2,3)41-22(32)13-21(24(33)26(35)39-14-18-9-11-19(12-10-18)31(37)38)42-16-20-23(25(34)29-20)30-27(36)40-15-17-7-5-4-6-8-17/h4-12,20-21,23H,13-16H2,1-3H3,(H,29,34)(H,30,36)/t20-,21?,23+/m1/s1. The number of nitro groups is 1. The van der Waals surface area contributed by atoms with E-state index in [1.807, 2.05) is 6.07 Å². The van der Waals surface area contributed by atoms with Crippen molar-refractivity contribution >= 4 is 47.2 Å². The van der Waals surface area contributed by atoms with Crippen LogP contribution in [0.15, 0.2) is 54.6 Å². The van der Waals surface area contributed by atoms with Gasteiger partial charge in [-0.25, -0.2) is 9.59 Å². The fraction of sp³-hybridized carbons (Fsp3) is 0.393. The fourth-order valence-corrected chi connectivity index (χ4v) is 4.90. The van der Waals surface area contributed by atoms with Crippen LogP contribution in [0, 0.1) is 10.1 Å². The molecule has 42 heavy (non-hydrogen) atoms. The van der Waals surface area contributed by atoms with Gasteiger partial charge in [0.15, 0.2) is 0 Å². The van der Waals surface area contributed by atoms with E-state index >= 15 is 0 Å². The molecule has 14 heteroatoms. The number of esters is 2. The number of ketones is 1. The molecule has 224 valence electrons. The van der Waals surface area contributed by atoms with Crippen LogP contribution in [0.4, 0.5) is 10.5 Å². The third kappa shape index (κ3) is 9.87. The number of nitro benzene ring substituents is 1. The first kappa shape index (κ1) is 32.1. The van der Waals surface area contributed by atoms with E-state index in [0.717, 1.165) is 17.3 Å². The monoisotopic (exact) mass is 601 g/mol. The van der Waals surface area contributed by atoms with E-state index in [9.17, 15) is 34.1 Å². The Balaban J connectivity index is 1.58. The van der Waals surface area contributed by atoms with Gasteiger partial charge in [0, 0.05) is 17.9 Å². The molecular weight excluding hydrogens is 570 g/mol. The lowest BCUT2D eigenvalue weighted by atomic mass is 10.0. The number of hydrogen-bond donors (Lipinski definition) is 2. The van der Waals surface area contributed by atoms with Crippen molar-refractivity contribution in [1.82, 2.24) is 10.6 Å². The van der Waals surface area contributed by atoms with E-state index in [2.05, 4.69) is 10.6 Å². The molecule has 1 saturated heterocycles. The number of Topliss-reactive ketones (excluding diaryl/α,β-unsaturated/α-hetero) is 1. The number of benzene rings is 2. The van der Waals surface area contributed by atoms with Gasteiger partial charge in [-0.3, -0.25) is 24.5 Å². The van der Waals surface area contributed by atoms with E-state index < -0.39 is 64.0 Å². The zero-order valence-corrected chi connectivity index (χ0v) is 24.0. The summed E-state index contributed by atoms with van der Waals surface area (Å²) in [5.74, 6) is -3.29. The average Bonchev–Trinajstić information content (AvgIpc) is 2.94. The molecule has 1 aliphatic heterocycles. The van der Waals surface area contributed by atoms with E-state index in [1.165, 1.54) is 24.3 Å². The average molecular weight is 602 g/mol. The number of nitrogens with one attached hydrogen (secondary N) is 2. The highest BCUT2D eigenvalue weighted by Gasteiger charge is 2.42. The lowest BCUT2D eigenvalue weighted by Crippen LogP contribution is -2.70. The minimum absolute atomic E-state index is 0.00881. The van der Waals surface area contributed by atoms with Gasteiger partial charge in [-0.2, -0.15) is 0 Å². The van der Waals surface area contributed by atoms with Crippen molar-refractivity contribution in [2.45, 2.75) is 63.3 Å². The van der Waals surface area contributed by atoms with Gasteiger partial charge < -0.3 is 24.8 Å². The van der Waals surface area contributed by atoms with Crippen LogP contribution in [0.3, 0.4) is 0 Å². The smallest absolute Gasteiger partial charge is 0.408 e. The third-order valence-corrected chi connectivity index (χ3v) is 7.09. The van der Waals surface area contributed by atoms with Crippen LogP contribution < -0.4 is 10.6 Å². The molecule has 2 aromatic carbocycles. The number of non-ortho nitro benzene ring substituents is 1. The van der Waals surface area contributed by atoms with E-state index in [4.69, 9.17) is 14.2 Å². The van der Waals surface area contributed by atoms with Crippen LogP contribution in [0.1, 0.15) is 38.3 Å². The Kier molecular flexibility index (Phi) is 11.0. The van der Waals surface area contributed by atoms with E-state index in [0.29, 0.717) is 5.56 Å². The summed E-state index contributed by atoms with van der Waals surface area (Å²) in [5.41, 5.74) is 0.212. The lowest BCUT2D eigenvalue weighted by molar-refractivity contribution is -0.384. The van der Waals surface area contributed by atoms with Crippen molar-refractivity contribution in [3.8, 4) is 0 Å². The minimum Gasteiger partial charge on any atom is -0.460 e. The quantitative estimate of drug-likeness (QED) is 0.0860. The zero-order valence-electron chi connectivity index (χ0n) is 23.2. The summed E-state index contributed by atoms with van der Waals surface area (Å²) in [7, 11) is 0. The Bertz CT molecular complexity index is 1310. The minimum atomic E-state index is -1.20. The summed E-state index contributed by atoms with van der Waals surface area (Å²) in [6, 6.07) is 12.7. The Morgan fingerprint density at radius 3 is 2.21 bits per heavy atom. The molecule has 2 N–H and O–H groups in total. The number of carbonyl (C=O) groups excluding carboxylic acids is 5. The van der Waals surface area contributed by atoms with Gasteiger partial charge in [0.25, 0.3) is 11.5 Å². The Morgan fingerprint density at radius 1 is 1.00 bits per heavy atom. The maximum Gasteiger partial charge on any atom is 0.408 e. The van der Waals surface area contributed by atoms with Gasteiger partial charge in [-0.05, 0) is 44.0 Å². The van der Waals surface area contributed by atoms with Crippen molar-refractivity contribution in [2.75, 3.05) is 5.75 Å². The first-order valence-corrected chi connectivity index (χ1v) is 13.9. The summed E-state index contributed by atoms with van der Waals surface area (Å²) < 4.78 is 15.6. The predicted octanol–water partition coefficient (Wildman–Crippen LogP) is 2.83. The highest BCUT2D eigenvalue weighted by Crippen LogP contribution is 2.24. The van der Waals surface area contributed by atoms with Crippen LogP contribution in [0.2, 0.25) is 0 Å². The van der Waals surface area contributed by atoms with Gasteiger partial charge in [0.1, 0.15) is 24.9 Å². The molecule has 1 heterocycles. The van der Waals surface area contributed by atoms with Crippen molar-refractivity contribution in [2.24, 2.45) is 0 Å². The van der Waals surface area contributed by atoms with Crippen LogP contribution in [0.5, 0.6) is 0 Å². The molecule has 2 aromatic rings. The maximum atomic E-state index is 13.0.